The van der Waals surface area contributed by atoms with Crippen molar-refractivity contribution in [2.45, 2.75) is 45.4 Å². The van der Waals surface area contributed by atoms with Crippen molar-refractivity contribution in [1.82, 2.24) is 10.3 Å². The lowest BCUT2D eigenvalue weighted by Gasteiger charge is -2.12. The molecule has 3 rings (SSSR count). The second-order valence-electron chi connectivity index (χ2n) is 6.64. The van der Waals surface area contributed by atoms with Crippen LogP contribution in [0, 0.1) is 6.92 Å². The maximum absolute atomic E-state index is 12.2. The molecule has 0 radical (unpaired) electrons. The Kier molecular flexibility index (Phi) is 6.10. The summed E-state index contributed by atoms with van der Waals surface area (Å²) in [6.07, 6.45) is 8.41. The summed E-state index contributed by atoms with van der Waals surface area (Å²) in [5.41, 5.74) is 3.02. The average molecular weight is 354 g/mol. The molecule has 0 saturated heterocycles. The minimum Gasteiger partial charge on any atom is -0.497 e. The molecule has 1 N–H and O–H groups in total. The van der Waals surface area contributed by atoms with E-state index in [1.807, 2.05) is 31.2 Å². The number of carbonyl (C=O) groups excluding carboxylic acids is 1. The molecule has 0 spiro atoms. The number of aryl methyl sites for hydroxylation is 1. The van der Waals surface area contributed by atoms with Crippen LogP contribution in [0.2, 0.25) is 0 Å². The molecule has 0 bridgehead atoms. The van der Waals surface area contributed by atoms with E-state index in [1.165, 1.54) is 31.3 Å². The van der Waals surface area contributed by atoms with Crippen LogP contribution in [-0.2, 0) is 11.2 Å². The third-order valence-electron chi connectivity index (χ3n) is 4.71. The van der Waals surface area contributed by atoms with Crippen molar-refractivity contribution in [3.63, 3.8) is 0 Å². The number of oxazole rings is 1. The molecule has 2 aromatic rings. The predicted octanol–water partition coefficient (Wildman–Crippen LogP) is 4.21. The van der Waals surface area contributed by atoms with E-state index in [-0.39, 0.29) is 12.3 Å². The SMILES string of the molecule is COc1ccc(-c2nc(CC(=O)NCCC3=CCCCC3)c(C)o2)cc1. The monoisotopic (exact) mass is 354 g/mol. The highest BCUT2D eigenvalue weighted by atomic mass is 16.5. The molecule has 5 nitrogen and oxygen atoms in total. The van der Waals surface area contributed by atoms with Crippen molar-refractivity contribution in [3.8, 4) is 17.2 Å². The average Bonchev–Trinajstić information content (AvgIpc) is 3.03. The van der Waals surface area contributed by atoms with E-state index < -0.39 is 0 Å². The molecule has 0 fully saturated rings. The van der Waals surface area contributed by atoms with Gasteiger partial charge in [0.15, 0.2) is 0 Å². The van der Waals surface area contributed by atoms with E-state index in [0.29, 0.717) is 23.9 Å². The molecular formula is C21H26N2O3. The van der Waals surface area contributed by atoms with Crippen molar-refractivity contribution >= 4 is 5.91 Å². The first kappa shape index (κ1) is 18.2. The van der Waals surface area contributed by atoms with Crippen LogP contribution in [0.15, 0.2) is 40.3 Å². The Morgan fingerprint density at radius 2 is 2.08 bits per heavy atom. The van der Waals surface area contributed by atoms with Crippen molar-refractivity contribution in [1.29, 1.82) is 0 Å². The lowest BCUT2D eigenvalue weighted by atomic mass is 9.97. The fourth-order valence-corrected chi connectivity index (χ4v) is 3.16. The number of benzene rings is 1. The molecule has 5 heteroatoms. The fraction of sp³-hybridized carbons (Fsp3) is 0.429. The smallest absolute Gasteiger partial charge is 0.226 e. The van der Waals surface area contributed by atoms with Gasteiger partial charge in [0.2, 0.25) is 11.8 Å². The standard InChI is InChI=1S/C21H26N2O3/c1-15-19(14-20(24)22-13-12-16-6-4-3-5-7-16)23-21(26-15)17-8-10-18(25-2)11-9-17/h6,8-11H,3-5,7,12-14H2,1-2H3,(H,22,24). The molecule has 1 aliphatic carbocycles. The zero-order chi connectivity index (χ0) is 18.4. The van der Waals surface area contributed by atoms with Crippen LogP contribution in [0.4, 0.5) is 0 Å². The van der Waals surface area contributed by atoms with Crippen LogP contribution < -0.4 is 10.1 Å². The molecule has 0 saturated carbocycles. The molecule has 138 valence electrons. The summed E-state index contributed by atoms with van der Waals surface area (Å²) in [6, 6.07) is 7.51. The molecule has 26 heavy (non-hydrogen) atoms. The predicted molar refractivity (Wildman–Crippen MR) is 101 cm³/mol. The first-order valence-corrected chi connectivity index (χ1v) is 9.21. The van der Waals surface area contributed by atoms with Crippen LogP contribution in [0.1, 0.15) is 43.6 Å². The summed E-state index contributed by atoms with van der Waals surface area (Å²) in [5, 5.41) is 2.99. The van der Waals surface area contributed by atoms with Gasteiger partial charge in [-0.1, -0.05) is 11.6 Å². The Labute approximate surface area is 154 Å². The van der Waals surface area contributed by atoms with Crippen LogP contribution in [0.5, 0.6) is 5.75 Å². The molecule has 1 heterocycles. The number of nitrogens with zero attached hydrogens (tertiary/aromatic N) is 1. The van der Waals surface area contributed by atoms with Crippen LogP contribution >= 0.6 is 0 Å². The Hall–Kier alpha value is -2.56. The second kappa shape index (κ2) is 8.70. The first-order chi connectivity index (χ1) is 12.7. The van der Waals surface area contributed by atoms with E-state index >= 15 is 0 Å². The fourth-order valence-electron chi connectivity index (χ4n) is 3.16. The number of amides is 1. The molecule has 1 aliphatic rings. The van der Waals surface area contributed by atoms with Gasteiger partial charge in [0, 0.05) is 12.1 Å². The molecule has 0 unspecified atom stereocenters. The highest BCUT2D eigenvalue weighted by Crippen LogP contribution is 2.24. The van der Waals surface area contributed by atoms with Crippen molar-refractivity contribution in [2.24, 2.45) is 0 Å². The zero-order valence-electron chi connectivity index (χ0n) is 15.5. The number of carbonyl (C=O) groups is 1. The van der Waals surface area contributed by atoms with Crippen LogP contribution in [-0.4, -0.2) is 24.5 Å². The molecule has 0 atom stereocenters. The molecule has 1 amide bonds. The lowest BCUT2D eigenvalue weighted by Crippen LogP contribution is -2.26. The molecule has 1 aromatic carbocycles. The first-order valence-electron chi connectivity index (χ1n) is 9.21. The molecule has 0 aliphatic heterocycles. The van der Waals surface area contributed by atoms with Gasteiger partial charge in [-0.25, -0.2) is 4.98 Å². The maximum atomic E-state index is 12.2. The van der Waals surface area contributed by atoms with Gasteiger partial charge in [0.1, 0.15) is 11.5 Å². The summed E-state index contributed by atoms with van der Waals surface area (Å²) in [6.45, 7) is 2.53. The van der Waals surface area contributed by atoms with E-state index in [4.69, 9.17) is 9.15 Å². The number of ether oxygens (including phenoxy) is 1. The quantitative estimate of drug-likeness (QED) is 0.757. The number of hydrogen-bond donors (Lipinski definition) is 1. The van der Waals surface area contributed by atoms with Gasteiger partial charge in [0.05, 0.1) is 19.2 Å². The van der Waals surface area contributed by atoms with Crippen LogP contribution in [0.25, 0.3) is 11.5 Å². The van der Waals surface area contributed by atoms with E-state index in [2.05, 4.69) is 16.4 Å². The highest BCUT2D eigenvalue weighted by Gasteiger charge is 2.15. The Morgan fingerprint density at radius 1 is 1.27 bits per heavy atom. The molecular weight excluding hydrogens is 328 g/mol. The zero-order valence-corrected chi connectivity index (χ0v) is 15.5. The summed E-state index contributed by atoms with van der Waals surface area (Å²) in [5.74, 6) is 1.98. The summed E-state index contributed by atoms with van der Waals surface area (Å²) in [7, 11) is 1.63. The van der Waals surface area contributed by atoms with E-state index in [0.717, 1.165) is 17.7 Å². The largest absolute Gasteiger partial charge is 0.497 e. The number of hydrogen-bond acceptors (Lipinski definition) is 4. The van der Waals surface area contributed by atoms with Gasteiger partial charge in [-0.15, -0.1) is 0 Å². The third-order valence-corrected chi connectivity index (χ3v) is 4.71. The minimum absolute atomic E-state index is 0.0147. The second-order valence-corrected chi connectivity index (χ2v) is 6.64. The number of rotatable bonds is 7. The van der Waals surface area contributed by atoms with Gasteiger partial charge in [-0.3, -0.25) is 4.79 Å². The van der Waals surface area contributed by atoms with E-state index in [1.54, 1.807) is 7.11 Å². The van der Waals surface area contributed by atoms with Gasteiger partial charge < -0.3 is 14.5 Å². The van der Waals surface area contributed by atoms with Gasteiger partial charge in [0.25, 0.3) is 0 Å². The summed E-state index contributed by atoms with van der Waals surface area (Å²) < 4.78 is 10.9. The lowest BCUT2D eigenvalue weighted by molar-refractivity contribution is -0.120. The Bertz CT molecular complexity index is 775. The van der Waals surface area contributed by atoms with Gasteiger partial charge in [-0.05, 0) is 63.3 Å². The summed E-state index contributed by atoms with van der Waals surface area (Å²) >= 11 is 0. The van der Waals surface area contributed by atoms with Crippen molar-refractivity contribution in [2.75, 3.05) is 13.7 Å². The van der Waals surface area contributed by atoms with Gasteiger partial charge >= 0.3 is 0 Å². The normalized spacial score (nSPS) is 14.0. The number of aromatic nitrogens is 1. The third kappa shape index (κ3) is 4.75. The topological polar surface area (TPSA) is 64.4 Å². The maximum Gasteiger partial charge on any atom is 0.226 e. The van der Waals surface area contributed by atoms with Gasteiger partial charge in [-0.2, -0.15) is 0 Å². The van der Waals surface area contributed by atoms with E-state index in [9.17, 15) is 4.79 Å². The highest BCUT2D eigenvalue weighted by molar-refractivity contribution is 5.78. The number of methoxy groups -OCH3 is 1. The minimum atomic E-state index is -0.0147. The Morgan fingerprint density at radius 3 is 2.77 bits per heavy atom. The molecule has 1 aromatic heterocycles. The summed E-state index contributed by atoms with van der Waals surface area (Å²) in [4.78, 5) is 16.7. The number of allylic oxidation sites excluding steroid dienone is 1. The van der Waals surface area contributed by atoms with Crippen molar-refractivity contribution < 1.29 is 13.9 Å². The Balaban J connectivity index is 1.54. The van der Waals surface area contributed by atoms with Crippen molar-refractivity contribution in [3.05, 3.63) is 47.4 Å². The van der Waals surface area contributed by atoms with Crippen LogP contribution in [0.3, 0.4) is 0 Å². The number of nitrogens with one attached hydrogen (secondary N) is 1.